The number of carboxylic acid groups (broad SMARTS) is 1. The molecule has 0 aromatic rings. The van der Waals surface area contributed by atoms with Crippen molar-refractivity contribution in [2.24, 2.45) is 0 Å². The maximum absolute atomic E-state index is 10.7. The van der Waals surface area contributed by atoms with Crippen LogP contribution in [-0.2, 0) is 9.59 Å². The first-order chi connectivity index (χ1) is 4.61. The van der Waals surface area contributed by atoms with Gasteiger partial charge in [-0.15, -0.1) is 0 Å². The summed E-state index contributed by atoms with van der Waals surface area (Å²) in [5.41, 5.74) is 0. The van der Waals surface area contributed by atoms with Gasteiger partial charge in [0.25, 0.3) is 0 Å². The lowest BCUT2D eigenvalue weighted by Gasteiger charge is -2.11. The molecule has 1 aliphatic heterocycles. The molecule has 0 unspecified atom stereocenters. The van der Waals surface area contributed by atoms with Crippen molar-refractivity contribution < 1.29 is 14.7 Å². The van der Waals surface area contributed by atoms with E-state index in [1.54, 1.807) is 11.9 Å². The Kier molecular flexibility index (Phi) is 1.72. The van der Waals surface area contributed by atoms with Crippen LogP contribution in [0.5, 0.6) is 0 Å². The zero-order valence-electron chi connectivity index (χ0n) is 5.70. The minimum Gasteiger partial charge on any atom is -0.480 e. The van der Waals surface area contributed by atoms with Crippen LogP contribution in [0.3, 0.4) is 0 Å². The second-order valence-electron chi connectivity index (χ2n) is 2.51. The normalized spacial score (nSPS) is 27.3. The van der Waals surface area contributed by atoms with Crippen molar-refractivity contribution in [1.29, 1.82) is 0 Å². The van der Waals surface area contributed by atoms with E-state index in [9.17, 15) is 9.59 Å². The van der Waals surface area contributed by atoms with E-state index in [1.165, 1.54) is 0 Å². The number of likely N-dealkylation sites (N-methyl/N-ethyl adjacent to an activating group) is 1. The van der Waals surface area contributed by atoms with E-state index >= 15 is 0 Å². The Morgan fingerprint density at radius 3 is 2.60 bits per heavy atom. The van der Waals surface area contributed by atoms with E-state index in [-0.39, 0.29) is 18.7 Å². The molecule has 0 spiro atoms. The molecule has 1 atom stereocenters. The van der Waals surface area contributed by atoms with Crippen LogP contribution in [0.1, 0.15) is 6.42 Å². The molecule has 0 bridgehead atoms. The van der Waals surface area contributed by atoms with Gasteiger partial charge in [0.1, 0.15) is 11.8 Å². The highest BCUT2D eigenvalue weighted by molar-refractivity contribution is 5.90. The van der Waals surface area contributed by atoms with E-state index in [0.717, 1.165) is 0 Å². The van der Waals surface area contributed by atoms with Gasteiger partial charge < -0.3 is 5.11 Å². The van der Waals surface area contributed by atoms with E-state index in [0.29, 0.717) is 0 Å². The van der Waals surface area contributed by atoms with Crippen LogP contribution in [0.15, 0.2) is 0 Å². The predicted molar refractivity (Wildman–Crippen MR) is 33.7 cm³/mol. The second kappa shape index (κ2) is 2.38. The molecule has 0 aromatic carbocycles. The molecule has 10 heavy (non-hydrogen) atoms. The maximum atomic E-state index is 10.7. The van der Waals surface area contributed by atoms with Crippen LogP contribution < -0.4 is 0 Å². The molecule has 1 fully saturated rings. The number of carbonyl (C=O) groups excluding carboxylic acids is 1. The molecule has 1 N–H and O–H groups in total. The lowest BCUT2D eigenvalue weighted by molar-refractivity contribution is -0.141. The Labute approximate surface area is 58.4 Å². The van der Waals surface area contributed by atoms with Gasteiger partial charge in [-0.25, -0.2) is 0 Å². The predicted octanol–water partition coefficient (Wildman–Crippen LogP) is -0.656. The van der Waals surface area contributed by atoms with Crippen molar-refractivity contribution in [2.45, 2.75) is 12.5 Å². The summed E-state index contributed by atoms with van der Waals surface area (Å²) in [6.45, 7) is 0.275. The highest BCUT2D eigenvalue weighted by Gasteiger charge is 2.32. The van der Waals surface area contributed by atoms with Gasteiger partial charge in [0.2, 0.25) is 0 Å². The zero-order valence-corrected chi connectivity index (χ0v) is 5.70. The molecule has 0 aromatic heterocycles. The van der Waals surface area contributed by atoms with Crippen LogP contribution >= 0.6 is 0 Å². The van der Waals surface area contributed by atoms with Crippen LogP contribution in [0.25, 0.3) is 0 Å². The Morgan fingerprint density at radius 2 is 2.40 bits per heavy atom. The molecule has 0 radical (unpaired) electrons. The number of ketones is 1. The smallest absolute Gasteiger partial charge is 0.321 e. The summed E-state index contributed by atoms with van der Waals surface area (Å²) >= 11 is 0. The minimum absolute atomic E-state index is 0.00917. The van der Waals surface area contributed by atoms with Crippen molar-refractivity contribution in [1.82, 2.24) is 4.90 Å². The van der Waals surface area contributed by atoms with E-state index in [4.69, 9.17) is 5.11 Å². The van der Waals surface area contributed by atoms with Crippen molar-refractivity contribution in [3.05, 3.63) is 0 Å². The number of likely N-dealkylation sites (tertiary alicyclic amines) is 1. The van der Waals surface area contributed by atoms with Gasteiger partial charge in [0.05, 0.1) is 6.54 Å². The number of Topliss-reactive ketones (excluding diaryl/α,β-unsaturated/α-hetero) is 1. The van der Waals surface area contributed by atoms with Crippen molar-refractivity contribution in [2.75, 3.05) is 13.6 Å². The Hall–Kier alpha value is -0.900. The SMILES string of the molecule is CN1CC(=O)C[C@H]1C(=O)O. The fraction of sp³-hybridized carbons (Fsp3) is 0.667. The summed E-state index contributed by atoms with van der Waals surface area (Å²) in [5.74, 6) is -0.900. The topological polar surface area (TPSA) is 57.6 Å². The average molecular weight is 143 g/mol. The number of nitrogens with zero attached hydrogens (tertiary/aromatic N) is 1. The molecule has 1 saturated heterocycles. The summed E-state index contributed by atoms with van der Waals surface area (Å²) in [5, 5.41) is 8.51. The van der Waals surface area contributed by atoms with E-state index in [1.807, 2.05) is 0 Å². The number of hydrogen-bond donors (Lipinski definition) is 1. The average Bonchev–Trinajstić information content (AvgIpc) is 2.10. The number of carbonyl (C=O) groups is 2. The monoisotopic (exact) mass is 143 g/mol. The zero-order chi connectivity index (χ0) is 7.72. The standard InChI is InChI=1S/C6H9NO3/c1-7-3-4(8)2-5(7)6(9)10/h5H,2-3H2,1H3,(H,9,10)/t5-/m0/s1. The highest BCUT2D eigenvalue weighted by atomic mass is 16.4. The summed E-state index contributed by atoms with van der Waals surface area (Å²) in [4.78, 5) is 22.6. The quantitative estimate of drug-likeness (QED) is 0.529. The lowest BCUT2D eigenvalue weighted by Crippen LogP contribution is -2.32. The Morgan fingerprint density at radius 1 is 1.80 bits per heavy atom. The van der Waals surface area contributed by atoms with E-state index in [2.05, 4.69) is 0 Å². The van der Waals surface area contributed by atoms with Crippen molar-refractivity contribution >= 4 is 11.8 Å². The van der Waals surface area contributed by atoms with Crippen LogP contribution in [0.4, 0.5) is 0 Å². The first-order valence-electron chi connectivity index (χ1n) is 3.06. The molecule has 1 rings (SSSR count). The molecule has 1 aliphatic rings. The maximum Gasteiger partial charge on any atom is 0.321 e. The number of hydrogen-bond acceptors (Lipinski definition) is 3. The summed E-state index contributed by atoms with van der Waals surface area (Å²) in [6, 6.07) is -0.590. The van der Waals surface area contributed by atoms with Crippen LogP contribution in [0.2, 0.25) is 0 Å². The van der Waals surface area contributed by atoms with Gasteiger partial charge in [-0.2, -0.15) is 0 Å². The Balaban J connectivity index is 2.63. The van der Waals surface area contributed by atoms with Crippen molar-refractivity contribution in [3.63, 3.8) is 0 Å². The third kappa shape index (κ3) is 1.16. The lowest BCUT2D eigenvalue weighted by atomic mass is 10.2. The van der Waals surface area contributed by atoms with Crippen molar-refractivity contribution in [3.8, 4) is 0 Å². The van der Waals surface area contributed by atoms with Gasteiger partial charge in [-0.3, -0.25) is 14.5 Å². The third-order valence-corrected chi connectivity index (χ3v) is 1.66. The molecular formula is C6H9NO3. The van der Waals surface area contributed by atoms with Crippen LogP contribution in [0, 0.1) is 0 Å². The van der Waals surface area contributed by atoms with Gasteiger partial charge in [-0.05, 0) is 7.05 Å². The molecule has 0 saturated carbocycles. The first-order valence-corrected chi connectivity index (χ1v) is 3.06. The first kappa shape index (κ1) is 7.21. The van der Waals surface area contributed by atoms with Gasteiger partial charge in [-0.1, -0.05) is 0 Å². The largest absolute Gasteiger partial charge is 0.480 e. The van der Waals surface area contributed by atoms with Gasteiger partial charge >= 0.3 is 5.97 Å². The van der Waals surface area contributed by atoms with Gasteiger partial charge in [0.15, 0.2) is 0 Å². The Bertz CT molecular complexity index is 178. The van der Waals surface area contributed by atoms with Gasteiger partial charge in [0, 0.05) is 6.42 Å². The molecule has 1 heterocycles. The second-order valence-corrected chi connectivity index (χ2v) is 2.51. The summed E-state index contributed by atoms with van der Waals surface area (Å²) in [7, 11) is 1.64. The minimum atomic E-state index is -0.909. The summed E-state index contributed by atoms with van der Waals surface area (Å²) < 4.78 is 0. The molecule has 4 heteroatoms. The van der Waals surface area contributed by atoms with E-state index < -0.39 is 12.0 Å². The molecule has 0 amide bonds. The van der Waals surface area contributed by atoms with Crippen LogP contribution in [-0.4, -0.2) is 41.4 Å². The summed E-state index contributed by atoms with van der Waals surface area (Å²) in [6.07, 6.45) is 0.159. The third-order valence-electron chi connectivity index (χ3n) is 1.66. The number of rotatable bonds is 1. The fourth-order valence-electron chi connectivity index (χ4n) is 1.10. The molecular weight excluding hydrogens is 134 g/mol. The molecule has 56 valence electrons. The number of carboxylic acids is 1. The highest BCUT2D eigenvalue weighted by Crippen LogP contribution is 2.11. The molecule has 4 nitrogen and oxygen atoms in total. The fourth-order valence-corrected chi connectivity index (χ4v) is 1.10. The molecule has 0 aliphatic carbocycles. The number of aliphatic carboxylic acids is 1.